The summed E-state index contributed by atoms with van der Waals surface area (Å²) in [7, 11) is 0. The topological polar surface area (TPSA) is 53.6 Å². The molecule has 1 aromatic heterocycles. The van der Waals surface area contributed by atoms with Crippen LogP contribution in [0.3, 0.4) is 0 Å². The van der Waals surface area contributed by atoms with E-state index in [2.05, 4.69) is 34.3 Å². The minimum atomic E-state index is 0.639. The van der Waals surface area contributed by atoms with Gasteiger partial charge in [0.1, 0.15) is 6.33 Å². The molecule has 0 amide bonds. The Balaban J connectivity index is 1.96. The highest BCUT2D eigenvalue weighted by Gasteiger charge is 2.05. The highest BCUT2D eigenvalue weighted by atomic mass is 35.5. The number of halogens is 1. The lowest BCUT2D eigenvalue weighted by Gasteiger charge is -2.09. The van der Waals surface area contributed by atoms with Gasteiger partial charge in [-0.1, -0.05) is 43.3 Å². The van der Waals surface area contributed by atoms with Gasteiger partial charge < -0.3 is 5.32 Å². The van der Waals surface area contributed by atoms with Gasteiger partial charge in [0.2, 0.25) is 0 Å². The fourth-order valence-electron chi connectivity index (χ4n) is 1.59. The van der Waals surface area contributed by atoms with Gasteiger partial charge in [-0.3, -0.25) is 5.10 Å². The molecular weight excluding hydrogens is 280 g/mol. The monoisotopic (exact) mass is 296 g/mol. The number of H-pyrrole nitrogens is 1. The third-order valence-corrected chi connectivity index (χ3v) is 3.73. The molecule has 0 unspecified atom stereocenters. The second-order valence-electron chi connectivity index (χ2n) is 4.67. The van der Waals surface area contributed by atoms with E-state index in [-0.39, 0.29) is 0 Å². The fraction of sp³-hybridized carbons (Fsp3) is 0.385. The lowest BCUT2D eigenvalue weighted by atomic mass is 10.2. The molecular formula is C13H17ClN4S. The van der Waals surface area contributed by atoms with Gasteiger partial charge in [0.05, 0.1) is 0 Å². The van der Waals surface area contributed by atoms with Crippen molar-refractivity contribution in [3.63, 3.8) is 0 Å². The largest absolute Gasteiger partial charge is 0.312 e. The number of nitrogens with zero attached hydrogens (tertiary/aromatic N) is 2. The van der Waals surface area contributed by atoms with E-state index in [9.17, 15) is 0 Å². The van der Waals surface area contributed by atoms with E-state index in [1.165, 1.54) is 18.1 Å². The first kappa shape index (κ1) is 14.4. The zero-order chi connectivity index (χ0) is 13.7. The second-order valence-corrected chi connectivity index (χ2v) is 6.14. The number of rotatable bonds is 6. The molecule has 4 nitrogen and oxygen atoms in total. The second kappa shape index (κ2) is 6.93. The lowest BCUT2D eigenvalue weighted by Crippen LogP contribution is -2.19. The minimum absolute atomic E-state index is 0.639. The first-order valence-electron chi connectivity index (χ1n) is 6.17. The number of hydrogen-bond donors (Lipinski definition) is 2. The van der Waals surface area contributed by atoms with Crippen LogP contribution in [0.4, 0.5) is 0 Å². The van der Waals surface area contributed by atoms with Crippen molar-refractivity contribution in [3.8, 4) is 0 Å². The van der Waals surface area contributed by atoms with Crippen LogP contribution in [0, 0.1) is 5.92 Å². The number of benzene rings is 1. The summed E-state index contributed by atoms with van der Waals surface area (Å²) < 4.78 is 0. The quantitative estimate of drug-likeness (QED) is 0.858. The van der Waals surface area contributed by atoms with Crippen molar-refractivity contribution in [3.05, 3.63) is 35.1 Å². The maximum Gasteiger partial charge on any atom is 0.188 e. The van der Waals surface area contributed by atoms with Crippen LogP contribution in [-0.4, -0.2) is 21.7 Å². The highest BCUT2D eigenvalue weighted by molar-refractivity contribution is 7.99. The molecule has 0 saturated heterocycles. The van der Waals surface area contributed by atoms with Crippen LogP contribution in [0.5, 0.6) is 0 Å². The van der Waals surface area contributed by atoms with E-state index in [0.717, 1.165) is 33.7 Å². The highest BCUT2D eigenvalue weighted by Crippen LogP contribution is 2.28. The summed E-state index contributed by atoms with van der Waals surface area (Å²) >= 11 is 7.80. The summed E-state index contributed by atoms with van der Waals surface area (Å²) in [5.41, 5.74) is 1.12. The van der Waals surface area contributed by atoms with E-state index in [0.29, 0.717) is 5.92 Å². The summed E-state index contributed by atoms with van der Waals surface area (Å²) in [4.78, 5) is 5.12. The third kappa shape index (κ3) is 4.53. The number of hydrogen-bond acceptors (Lipinski definition) is 4. The Labute approximate surface area is 122 Å². The van der Waals surface area contributed by atoms with E-state index in [4.69, 9.17) is 11.6 Å². The van der Waals surface area contributed by atoms with Crippen molar-refractivity contribution < 1.29 is 0 Å². The van der Waals surface area contributed by atoms with E-state index < -0.39 is 0 Å². The van der Waals surface area contributed by atoms with Crippen molar-refractivity contribution in [2.75, 3.05) is 6.54 Å². The molecule has 2 rings (SSSR count). The summed E-state index contributed by atoms with van der Waals surface area (Å²) in [6, 6.07) is 6.06. The van der Waals surface area contributed by atoms with Crippen LogP contribution < -0.4 is 5.32 Å². The van der Waals surface area contributed by atoms with Crippen LogP contribution in [0.2, 0.25) is 5.02 Å². The first-order chi connectivity index (χ1) is 9.15. The van der Waals surface area contributed by atoms with Gasteiger partial charge in [-0.05, 0) is 30.2 Å². The van der Waals surface area contributed by atoms with Crippen molar-refractivity contribution in [1.29, 1.82) is 0 Å². The van der Waals surface area contributed by atoms with Crippen LogP contribution in [0.1, 0.15) is 19.4 Å². The smallest absolute Gasteiger partial charge is 0.188 e. The van der Waals surface area contributed by atoms with Crippen molar-refractivity contribution in [1.82, 2.24) is 20.5 Å². The van der Waals surface area contributed by atoms with Gasteiger partial charge in [0, 0.05) is 16.5 Å². The summed E-state index contributed by atoms with van der Waals surface area (Å²) in [5, 5.41) is 11.6. The maximum absolute atomic E-state index is 6.29. The molecule has 0 fully saturated rings. The predicted octanol–water partition coefficient (Wildman–Crippen LogP) is 3.35. The molecule has 0 spiro atoms. The average Bonchev–Trinajstić information content (AvgIpc) is 2.84. The van der Waals surface area contributed by atoms with Crippen molar-refractivity contribution >= 4 is 23.4 Å². The first-order valence-corrected chi connectivity index (χ1v) is 7.37. The van der Waals surface area contributed by atoms with Gasteiger partial charge in [0.15, 0.2) is 5.16 Å². The molecule has 1 aromatic carbocycles. The molecule has 0 aliphatic carbocycles. The van der Waals surface area contributed by atoms with Crippen LogP contribution in [0.25, 0.3) is 0 Å². The van der Waals surface area contributed by atoms with Crippen molar-refractivity contribution in [2.24, 2.45) is 5.92 Å². The zero-order valence-corrected chi connectivity index (χ0v) is 12.6. The molecule has 0 saturated carbocycles. The van der Waals surface area contributed by atoms with Gasteiger partial charge in [-0.2, -0.15) is 5.10 Å². The Kier molecular flexibility index (Phi) is 5.24. The molecule has 0 radical (unpaired) electrons. The standard InChI is InChI=1S/C13H17ClN4S/c1-9(2)6-15-7-10-3-4-11(5-12(10)14)19-13-16-8-17-18-13/h3-5,8-9,15H,6-7H2,1-2H3,(H,16,17,18). The van der Waals surface area contributed by atoms with Gasteiger partial charge in [0.25, 0.3) is 0 Å². The molecule has 6 heteroatoms. The summed E-state index contributed by atoms with van der Waals surface area (Å²) in [6.45, 7) is 6.16. The lowest BCUT2D eigenvalue weighted by molar-refractivity contribution is 0.552. The summed E-state index contributed by atoms with van der Waals surface area (Å²) in [6.07, 6.45) is 1.49. The van der Waals surface area contributed by atoms with Crippen LogP contribution in [0.15, 0.2) is 34.6 Å². The predicted molar refractivity (Wildman–Crippen MR) is 78.5 cm³/mol. The number of aromatic nitrogens is 3. The number of aromatic amines is 1. The molecule has 102 valence electrons. The van der Waals surface area contributed by atoms with Gasteiger partial charge in [-0.15, -0.1) is 0 Å². The Hall–Kier alpha value is -1.04. The Bertz CT molecular complexity index is 513. The third-order valence-electron chi connectivity index (χ3n) is 2.50. The Morgan fingerprint density at radius 3 is 2.89 bits per heavy atom. The normalized spacial score (nSPS) is 11.2. The molecule has 0 aliphatic heterocycles. The van der Waals surface area contributed by atoms with Gasteiger partial charge >= 0.3 is 0 Å². The Morgan fingerprint density at radius 2 is 2.26 bits per heavy atom. The van der Waals surface area contributed by atoms with E-state index >= 15 is 0 Å². The van der Waals surface area contributed by atoms with E-state index in [1.54, 1.807) is 0 Å². The van der Waals surface area contributed by atoms with Crippen LogP contribution in [-0.2, 0) is 6.54 Å². The van der Waals surface area contributed by atoms with Crippen molar-refractivity contribution in [2.45, 2.75) is 30.4 Å². The molecule has 2 N–H and O–H groups in total. The summed E-state index contributed by atoms with van der Waals surface area (Å²) in [5.74, 6) is 0.639. The van der Waals surface area contributed by atoms with Gasteiger partial charge in [-0.25, -0.2) is 4.98 Å². The number of nitrogens with one attached hydrogen (secondary N) is 2. The molecule has 0 bridgehead atoms. The molecule has 0 atom stereocenters. The Morgan fingerprint density at radius 1 is 1.42 bits per heavy atom. The van der Waals surface area contributed by atoms with E-state index in [1.807, 2.05) is 18.2 Å². The average molecular weight is 297 g/mol. The minimum Gasteiger partial charge on any atom is -0.312 e. The SMILES string of the molecule is CC(C)CNCc1ccc(Sc2ncn[nH]2)cc1Cl. The fourth-order valence-corrected chi connectivity index (χ4v) is 2.63. The molecule has 1 heterocycles. The molecule has 0 aliphatic rings. The zero-order valence-electron chi connectivity index (χ0n) is 11.0. The molecule has 19 heavy (non-hydrogen) atoms. The maximum atomic E-state index is 6.29. The van der Waals surface area contributed by atoms with Crippen LogP contribution >= 0.6 is 23.4 Å². The molecule has 2 aromatic rings.